The predicted octanol–water partition coefficient (Wildman–Crippen LogP) is 2.82. The molecule has 192 valence electrons. The number of aromatic carboxylic acids is 1. The van der Waals surface area contributed by atoms with Crippen molar-refractivity contribution in [2.75, 3.05) is 48.4 Å². The summed E-state index contributed by atoms with van der Waals surface area (Å²) < 4.78 is 11.0. The number of aromatic nitrogens is 2. The molecule has 2 aromatic carbocycles. The maximum atomic E-state index is 12.4. The summed E-state index contributed by atoms with van der Waals surface area (Å²) in [6, 6.07) is 12.3. The fraction of sp³-hybridized carbons (Fsp3) is 0.240. The van der Waals surface area contributed by atoms with Crippen molar-refractivity contribution < 1.29 is 29.0 Å². The normalized spacial score (nSPS) is 13.1. The molecule has 5 N–H and O–H groups in total. The number of primary amides is 1. The van der Waals surface area contributed by atoms with Gasteiger partial charge in [-0.05, 0) is 55.5 Å². The Labute approximate surface area is 212 Å². The van der Waals surface area contributed by atoms with Gasteiger partial charge in [-0.3, -0.25) is 4.79 Å². The largest absolute Gasteiger partial charge is 0.488 e. The molecule has 4 rings (SSSR count). The van der Waals surface area contributed by atoms with Gasteiger partial charge < -0.3 is 35.8 Å². The number of nitrogens with zero attached hydrogens (tertiary/aromatic N) is 3. The van der Waals surface area contributed by atoms with Gasteiger partial charge in [-0.2, -0.15) is 0 Å². The number of rotatable bonds is 8. The second-order valence-electron chi connectivity index (χ2n) is 7.98. The Morgan fingerprint density at radius 2 is 1.59 bits per heavy atom. The van der Waals surface area contributed by atoms with E-state index in [0.29, 0.717) is 54.6 Å². The first kappa shape index (κ1) is 25.4. The number of ether oxygens (including phenoxy) is 2. The third kappa shape index (κ3) is 6.11. The third-order valence-corrected chi connectivity index (χ3v) is 5.48. The molecule has 1 saturated heterocycles. The van der Waals surface area contributed by atoms with E-state index in [1.165, 1.54) is 12.1 Å². The average molecular weight is 507 g/mol. The van der Waals surface area contributed by atoms with Crippen LogP contribution in [0.1, 0.15) is 27.8 Å². The first-order valence-corrected chi connectivity index (χ1v) is 11.5. The van der Waals surface area contributed by atoms with Crippen molar-refractivity contribution in [1.29, 1.82) is 0 Å². The van der Waals surface area contributed by atoms with E-state index in [4.69, 9.17) is 15.2 Å². The topological polar surface area (TPSA) is 169 Å². The van der Waals surface area contributed by atoms with Crippen molar-refractivity contribution in [3.8, 4) is 17.1 Å². The van der Waals surface area contributed by atoms with Crippen LogP contribution in [0.4, 0.5) is 22.0 Å². The molecule has 3 amide bonds. The number of carboxylic acids is 1. The number of carboxylic acid groups (broad SMARTS) is 1. The highest BCUT2D eigenvalue weighted by molar-refractivity contribution is 6.00. The molecule has 37 heavy (non-hydrogen) atoms. The molecule has 1 fully saturated rings. The second-order valence-corrected chi connectivity index (χ2v) is 7.98. The van der Waals surface area contributed by atoms with E-state index in [1.54, 1.807) is 43.3 Å². The molecule has 0 aliphatic carbocycles. The first-order chi connectivity index (χ1) is 17.9. The summed E-state index contributed by atoms with van der Waals surface area (Å²) in [7, 11) is 0. The summed E-state index contributed by atoms with van der Waals surface area (Å²) >= 11 is 0. The number of benzene rings is 2. The lowest BCUT2D eigenvalue weighted by Crippen LogP contribution is -2.37. The Bertz CT molecular complexity index is 1290. The molecule has 1 aromatic heterocycles. The third-order valence-electron chi connectivity index (χ3n) is 5.48. The molecule has 0 bridgehead atoms. The quantitative estimate of drug-likeness (QED) is 0.359. The maximum absolute atomic E-state index is 12.4. The van der Waals surface area contributed by atoms with Gasteiger partial charge in [0.25, 0.3) is 0 Å². The van der Waals surface area contributed by atoms with Gasteiger partial charge in [0.2, 0.25) is 5.91 Å². The zero-order chi connectivity index (χ0) is 26.4. The molecule has 0 unspecified atom stereocenters. The van der Waals surface area contributed by atoms with Crippen LogP contribution in [0.25, 0.3) is 11.4 Å². The molecule has 12 heteroatoms. The molecule has 1 aliphatic rings. The van der Waals surface area contributed by atoms with Crippen molar-refractivity contribution in [2.45, 2.75) is 6.92 Å². The minimum absolute atomic E-state index is 0.125. The molecule has 0 atom stereocenters. The SMILES string of the molecule is CCOc1c(C(=O)O)nc(-c2ccc(NC(=O)Nc3ccc(C(N)=O)cc3)cc2)nc1N1CCOCC1. The smallest absolute Gasteiger partial charge is 0.358 e. The number of hydrogen-bond acceptors (Lipinski definition) is 8. The molecule has 2 heterocycles. The Kier molecular flexibility index (Phi) is 7.79. The summed E-state index contributed by atoms with van der Waals surface area (Å²) in [5.41, 5.74) is 6.87. The molecule has 0 saturated carbocycles. The van der Waals surface area contributed by atoms with Crippen LogP contribution in [0.5, 0.6) is 5.75 Å². The number of urea groups is 1. The van der Waals surface area contributed by atoms with Crippen LogP contribution < -0.4 is 26.0 Å². The van der Waals surface area contributed by atoms with E-state index < -0.39 is 17.9 Å². The molecule has 0 spiro atoms. The molecule has 1 aliphatic heterocycles. The van der Waals surface area contributed by atoms with Crippen LogP contribution in [0, 0.1) is 0 Å². The molecule has 3 aromatic rings. The number of amides is 3. The lowest BCUT2D eigenvalue weighted by atomic mass is 10.1. The van der Waals surface area contributed by atoms with Gasteiger partial charge in [-0.15, -0.1) is 0 Å². The molecule has 12 nitrogen and oxygen atoms in total. The van der Waals surface area contributed by atoms with E-state index in [9.17, 15) is 19.5 Å². The second kappa shape index (κ2) is 11.4. The van der Waals surface area contributed by atoms with Crippen LogP contribution >= 0.6 is 0 Å². The van der Waals surface area contributed by atoms with Crippen LogP contribution in [0.2, 0.25) is 0 Å². The number of nitrogens with two attached hydrogens (primary N) is 1. The van der Waals surface area contributed by atoms with E-state index >= 15 is 0 Å². The Morgan fingerprint density at radius 3 is 2.14 bits per heavy atom. The monoisotopic (exact) mass is 506 g/mol. The lowest BCUT2D eigenvalue weighted by Gasteiger charge is -2.29. The van der Waals surface area contributed by atoms with Gasteiger partial charge >= 0.3 is 12.0 Å². The number of carbonyl (C=O) groups is 3. The van der Waals surface area contributed by atoms with Crippen molar-refractivity contribution >= 4 is 35.1 Å². The van der Waals surface area contributed by atoms with Crippen LogP contribution in [0.3, 0.4) is 0 Å². The predicted molar refractivity (Wildman–Crippen MR) is 136 cm³/mol. The summed E-state index contributed by atoms with van der Waals surface area (Å²) in [4.78, 5) is 46.3. The average Bonchev–Trinajstić information content (AvgIpc) is 2.90. The Hall–Kier alpha value is -4.71. The van der Waals surface area contributed by atoms with E-state index in [1.807, 2.05) is 4.90 Å². The lowest BCUT2D eigenvalue weighted by molar-refractivity contribution is 0.0685. The Morgan fingerprint density at radius 1 is 1.00 bits per heavy atom. The van der Waals surface area contributed by atoms with Crippen molar-refractivity contribution in [1.82, 2.24) is 9.97 Å². The summed E-state index contributed by atoms with van der Waals surface area (Å²) in [5.74, 6) is -1.04. The zero-order valence-corrected chi connectivity index (χ0v) is 20.1. The van der Waals surface area contributed by atoms with E-state index in [2.05, 4.69) is 20.6 Å². The van der Waals surface area contributed by atoms with Crippen molar-refractivity contribution in [3.63, 3.8) is 0 Å². The fourth-order valence-electron chi connectivity index (χ4n) is 3.69. The van der Waals surface area contributed by atoms with E-state index in [0.717, 1.165) is 0 Å². The summed E-state index contributed by atoms with van der Waals surface area (Å²) in [6.07, 6.45) is 0. The zero-order valence-electron chi connectivity index (χ0n) is 20.1. The molecule has 0 radical (unpaired) electrons. The van der Waals surface area contributed by atoms with Gasteiger partial charge in [0.15, 0.2) is 23.1 Å². The number of carbonyl (C=O) groups excluding carboxylic acids is 2. The number of hydrogen-bond donors (Lipinski definition) is 4. The number of anilines is 3. The Balaban J connectivity index is 1.54. The molecular formula is C25H26N6O6. The van der Waals surface area contributed by atoms with Gasteiger partial charge in [0.1, 0.15) is 0 Å². The van der Waals surface area contributed by atoms with Gasteiger partial charge in [-0.1, -0.05) is 0 Å². The van der Waals surface area contributed by atoms with Gasteiger partial charge in [0, 0.05) is 35.6 Å². The van der Waals surface area contributed by atoms with Crippen LogP contribution in [-0.2, 0) is 4.74 Å². The summed E-state index contributed by atoms with van der Waals surface area (Å²) in [5, 5.41) is 15.2. The summed E-state index contributed by atoms with van der Waals surface area (Å²) in [6.45, 7) is 4.09. The first-order valence-electron chi connectivity index (χ1n) is 11.5. The van der Waals surface area contributed by atoms with Gasteiger partial charge in [-0.25, -0.2) is 19.6 Å². The van der Waals surface area contributed by atoms with Crippen molar-refractivity contribution in [2.24, 2.45) is 5.73 Å². The van der Waals surface area contributed by atoms with Crippen LogP contribution in [0.15, 0.2) is 48.5 Å². The highest BCUT2D eigenvalue weighted by Gasteiger charge is 2.26. The minimum atomic E-state index is -1.22. The minimum Gasteiger partial charge on any atom is -0.488 e. The number of morpholine rings is 1. The molecular weight excluding hydrogens is 480 g/mol. The van der Waals surface area contributed by atoms with Crippen LogP contribution in [-0.4, -0.2) is 65.9 Å². The van der Waals surface area contributed by atoms with E-state index in [-0.39, 0.29) is 23.9 Å². The number of nitrogens with one attached hydrogen (secondary N) is 2. The highest BCUT2D eigenvalue weighted by atomic mass is 16.5. The van der Waals surface area contributed by atoms with Crippen molar-refractivity contribution in [3.05, 3.63) is 59.8 Å². The maximum Gasteiger partial charge on any atom is 0.358 e. The standard InChI is InChI=1S/C25H26N6O6/c1-2-37-20-19(24(33)34)29-22(30-23(20)31-11-13-36-14-12-31)16-5-9-18(10-6-16)28-25(35)27-17-7-3-15(4-8-17)21(26)32/h3-10H,2,11-14H2,1H3,(H2,26,32)(H,33,34)(H2,27,28,35). The van der Waals surface area contributed by atoms with Gasteiger partial charge in [0.05, 0.1) is 19.8 Å². The fourth-order valence-corrected chi connectivity index (χ4v) is 3.69. The highest BCUT2D eigenvalue weighted by Crippen LogP contribution is 2.33.